The molecule has 3 heteroatoms. The highest BCUT2D eigenvalue weighted by Crippen LogP contribution is 2.13. The molecule has 2 nitrogen and oxygen atoms in total. The van der Waals surface area contributed by atoms with Crippen molar-refractivity contribution in [2.24, 2.45) is 0 Å². The molecule has 0 bridgehead atoms. The molecule has 0 atom stereocenters. The van der Waals surface area contributed by atoms with E-state index in [1.165, 1.54) is 15.6 Å². The van der Waals surface area contributed by atoms with E-state index in [0.717, 1.165) is 5.56 Å². The zero-order valence-electron chi connectivity index (χ0n) is 16.9. The van der Waals surface area contributed by atoms with Crippen molar-refractivity contribution in [3.8, 4) is 0 Å². The van der Waals surface area contributed by atoms with Crippen molar-refractivity contribution in [1.82, 2.24) is 5.32 Å². The predicted molar refractivity (Wildman–Crippen MR) is 127 cm³/mol. The molecule has 0 fully saturated rings. The zero-order chi connectivity index (χ0) is 20.7. The highest BCUT2D eigenvalue weighted by atomic mass is 28.3. The molecule has 1 N–H and O–H groups in total. The van der Waals surface area contributed by atoms with Crippen LogP contribution in [0.15, 0.2) is 121 Å². The van der Waals surface area contributed by atoms with Gasteiger partial charge in [-0.05, 0) is 21.1 Å². The number of nitrogens with one attached hydrogen (secondary N) is 1. The van der Waals surface area contributed by atoms with Crippen molar-refractivity contribution in [2.75, 3.05) is 0 Å². The van der Waals surface area contributed by atoms with Crippen LogP contribution in [0.2, 0.25) is 6.04 Å². The van der Waals surface area contributed by atoms with Crippen LogP contribution in [-0.2, 0) is 11.3 Å². The van der Waals surface area contributed by atoms with Crippen molar-refractivity contribution in [2.45, 2.75) is 12.6 Å². The lowest BCUT2D eigenvalue weighted by Gasteiger charge is -2.33. The van der Waals surface area contributed by atoms with Gasteiger partial charge in [-0.1, -0.05) is 121 Å². The van der Waals surface area contributed by atoms with Crippen LogP contribution in [0.25, 0.3) is 0 Å². The Morgan fingerprint density at radius 3 is 1.33 bits per heavy atom. The fraction of sp³-hybridized carbons (Fsp3) is 0.0741. The average molecular weight is 408 g/mol. The highest BCUT2D eigenvalue weighted by molar-refractivity contribution is 7.12. The lowest BCUT2D eigenvalue weighted by Crippen LogP contribution is -2.68. The third-order valence-corrected chi connectivity index (χ3v) is 10.4. The summed E-state index contributed by atoms with van der Waals surface area (Å²) in [6.45, 7) is 0.544. The molecule has 0 aliphatic heterocycles. The predicted octanol–water partition coefficient (Wildman–Crippen LogP) is 3.47. The number of hydrogen-bond donors (Lipinski definition) is 1. The molecule has 148 valence electrons. The van der Waals surface area contributed by atoms with Gasteiger partial charge >= 0.3 is 0 Å². The van der Waals surface area contributed by atoms with Gasteiger partial charge < -0.3 is 5.32 Å². The van der Waals surface area contributed by atoms with Gasteiger partial charge in [0, 0.05) is 12.6 Å². The van der Waals surface area contributed by atoms with Gasteiger partial charge in [-0.15, -0.1) is 0 Å². The standard InChI is InChI=1S/C27H25NOSi/c29-27(28-21-23-13-5-1-6-14-23)22-30(24-15-7-2-8-16-24,25-17-9-3-10-18-25)26-19-11-4-12-20-26/h1-20H,21-22H2,(H,28,29). The summed E-state index contributed by atoms with van der Waals surface area (Å²) in [5.74, 6) is 0.0853. The topological polar surface area (TPSA) is 29.1 Å². The Bertz CT molecular complexity index is 970. The molecule has 4 rings (SSSR count). The Morgan fingerprint density at radius 1 is 0.567 bits per heavy atom. The lowest BCUT2D eigenvalue weighted by molar-refractivity contribution is -0.119. The summed E-state index contributed by atoms with van der Waals surface area (Å²) in [6, 6.07) is 42.1. The van der Waals surface area contributed by atoms with Crippen LogP contribution in [0.4, 0.5) is 0 Å². The summed E-state index contributed by atoms with van der Waals surface area (Å²) >= 11 is 0. The van der Waals surface area contributed by atoms with Crippen LogP contribution in [0.1, 0.15) is 5.56 Å². The molecule has 1 amide bonds. The lowest BCUT2D eigenvalue weighted by atomic mass is 10.2. The molecular formula is C27H25NOSi. The molecule has 0 radical (unpaired) electrons. The first-order valence-electron chi connectivity index (χ1n) is 10.3. The van der Waals surface area contributed by atoms with Crippen molar-refractivity contribution in [3.05, 3.63) is 127 Å². The van der Waals surface area contributed by atoms with E-state index in [2.05, 4.69) is 78.1 Å². The minimum atomic E-state index is -2.54. The zero-order valence-corrected chi connectivity index (χ0v) is 17.9. The third kappa shape index (κ3) is 4.26. The van der Waals surface area contributed by atoms with Crippen LogP contribution in [0.5, 0.6) is 0 Å². The van der Waals surface area contributed by atoms with Crippen LogP contribution in [-0.4, -0.2) is 14.0 Å². The van der Waals surface area contributed by atoms with E-state index < -0.39 is 8.07 Å². The molecule has 0 aliphatic rings. The molecule has 0 saturated heterocycles. The number of carbonyl (C=O) groups excluding carboxylic acids is 1. The Balaban J connectivity index is 1.76. The van der Waals surface area contributed by atoms with Gasteiger partial charge in [0.2, 0.25) is 5.91 Å². The monoisotopic (exact) mass is 407 g/mol. The van der Waals surface area contributed by atoms with Gasteiger partial charge in [-0.25, -0.2) is 0 Å². The quantitative estimate of drug-likeness (QED) is 0.369. The Hall–Kier alpha value is -3.43. The number of rotatable bonds is 7. The van der Waals surface area contributed by atoms with Gasteiger partial charge in [-0.3, -0.25) is 4.79 Å². The summed E-state index contributed by atoms with van der Waals surface area (Å²) in [5.41, 5.74) is 1.11. The van der Waals surface area contributed by atoms with Crippen molar-refractivity contribution < 1.29 is 4.79 Å². The van der Waals surface area contributed by atoms with E-state index in [4.69, 9.17) is 0 Å². The van der Waals surface area contributed by atoms with Crippen LogP contribution >= 0.6 is 0 Å². The molecule has 4 aromatic carbocycles. The number of amides is 1. The third-order valence-electron chi connectivity index (χ3n) is 5.56. The summed E-state index contributed by atoms with van der Waals surface area (Å²) < 4.78 is 0. The number of benzene rings is 4. The molecule has 0 heterocycles. The maximum absolute atomic E-state index is 13.3. The summed E-state index contributed by atoms with van der Waals surface area (Å²) in [6.07, 6.45) is 0. The molecular weight excluding hydrogens is 382 g/mol. The fourth-order valence-electron chi connectivity index (χ4n) is 4.07. The van der Waals surface area contributed by atoms with E-state index >= 15 is 0 Å². The average Bonchev–Trinajstić information content (AvgIpc) is 2.83. The van der Waals surface area contributed by atoms with E-state index in [-0.39, 0.29) is 5.91 Å². The van der Waals surface area contributed by atoms with Crippen molar-refractivity contribution >= 4 is 29.5 Å². The van der Waals surface area contributed by atoms with Gasteiger partial charge in [0.1, 0.15) is 0 Å². The van der Waals surface area contributed by atoms with Crippen molar-refractivity contribution in [3.63, 3.8) is 0 Å². The molecule has 0 unspecified atom stereocenters. The second-order valence-corrected chi connectivity index (χ2v) is 11.3. The molecule has 0 aliphatic carbocycles. The number of hydrogen-bond acceptors (Lipinski definition) is 1. The first kappa shape index (κ1) is 19.9. The Morgan fingerprint density at radius 2 is 0.933 bits per heavy atom. The SMILES string of the molecule is O=C(C[Si](c1ccccc1)(c1ccccc1)c1ccccc1)NCc1ccccc1. The smallest absolute Gasteiger partial charge is 0.218 e. The van der Waals surface area contributed by atoms with Gasteiger partial charge in [-0.2, -0.15) is 0 Å². The second-order valence-electron chi connectivity index (χ2n) is 7.44. The van der Waals surface area contributed by atoms with Gasteiger partial charge in [0.05, 0.1) is 0 Å². The minimum Gasteiger partial charge on any atom is -0.352 e. The van der Waals surface area contributed by atoms with E-state index in [1.807, 2.05) is 48.5 Å². The summed E-state index contributed by atoms with van der Waals surface area (Å²) in [4.78, 5) is 13.3. The first-order chi connectivity index (χ1) is 14.8. The normalized spacial score (nSPS) is 11.1. The van der Waals surface area contributed by atoms with Crippen molar-refractivity contribution in [1.29, 1.82) is 0 Å². The Labute approximate surface area is 179 Å². The summed E-state index contributed by atoms with van der Waals surface area (Å²) in [7, 11) is -2.54. The van der Waals surface area contributed by atoms with Crippen LogP contribution < -0.4 is 20.9 Å². The highest BCUT2D eigenvalue weighted by Gasteiger charge is 2.41. The summed E-state index contributed by atoms with van der Waals surface area (Å²) in [5, 5.41) is 6.90. The van der Waals surface area contributed by atoms with E-state index in [0.29, 0.717) is 12.6 Å². The first-order valence-corrected chi connectivity index (χ1v) is 12.5. The number of carbonyl (C=O) groups is 1. The Kier molecular flexibility index (Phi) is 6.21. The largest absolute Gasteiger partial charge is 0.352 e. The van der Waals surface area contributed by atoms with Gasteiger partial charge in [0.25, 0.3) is 0 Å². The van der Waals surface area contributed by atoms with E-state index in [1.54, 1.807) is 0 Å². The van der Waals surface area contributed by atoms with Crippen LogP contribution in [0.3, 0.4) is 0 Å². The fourth-order valence-corrected chi connectivity index (χ4v) is 8.58. The maximum atomic E-state index is 13.3. The van der Waals surface area contributed by atoms with Gasteiger partial charge in [0.15, 0.2) is 8.07 Å². The molecule has 0 spiro atoms. The molecule has 0 saturated carbocycles. The second kappa shape index (κ2) is 9.38. The van der Waals surface area contributed by atoms with E-state index in [9.17, 15) is 4.79 Å². The molecule has 4 aromatic rings. The molecule has 30 heavy (non-hydrogen) atoms. The maximum Gasteiger partial charge on any atom is 0.218 e. The minimum absolute atomic E-state index is 0.0853. The molecule has 0 aromatic heterocycles. The van der Waals surface area contributed by atoms with Crippen LogP contribution in [0, 0.1) is 0 Å².